The molecule has 0 radical (unpaired) electrons. The van der Waals surface area contributed by atoms with Gasteiger partial charge in [-0.2, -0.15) is 0 Å². The molecule has 2 aliphatic heterocycles. The zero-order chi connectivity index (χ0) is 13.1. The molecule has 4 nitrogen and oxygen atoms in total. The highest BCUT2D eigenvalue weighted by Crippen LogP contribution is 2.45. The molecule has 3 rings (SSSR count). The van der Waals surface area contributed by atoms with Gasteiger partial charge in [0.05, 0.1) is 5.69 Å². The number of fused-ring (bicyclic) bond motifs is 2. The highest BCUT2D eigenvalue weighted by atomic mass is 16.2. The third kappa shape index (κ3) is 1.15. The van der Waals surface area contributed by atoms with E-state index in [4.69, 9.17) is 0 Å². The molecular weight excluding hydrogens is 228 g/mol. The fourth-order valence-electron chi connectivity index (χ4n) is 2.87. The fourth-order valence-corrected chi connectivity index (χ4v) is 2.87. The van der Waals surface area contributed by atoms with E-state index in [1.165, 1.54) is 0 Å². The van der Waals surface area contributed by atoms with Crippen molar-refractivity contribution in [3.8, 4) is 0 Å². The molecule has 0 aromatic heterocycles. The van der Waals surface area contributed by atoms with Gasteiger partial charge in [0.2, 0.25) is 5.91 Å². The molecule has 1 aromatic rings. The van der Waals surface area contributed by atoms with Gasteiger partial charge in [0.25, 0.3) is 5.91 Å². The Labute approximate surface area is 105 Å². The molecule has 0 saturated carbocycles. The van der Waals surface area contributed by atoms with Gasteiger partial charge in [0.15, 0.2) is 5.54 Å². The fraction of sp³-hybridized carbons (Fsp3) is 0.286. The molecule has 1 saturated heterocycles. The highest BCUT2D eigenvalue weighted by Gasteiger charge is 2.53. The van der Waals surface area contributed by atoms with E-state index in [0.717, 1.165) is 22.4 Å². The van der Waals surface area contributed by atoms with Crippen LogP contribution in [0.1, 0.15) is 23.1 Å². The van der Waals surface area contributed by atoms with Crippen LogP contribution in [0, 0.1) is 13.8 Å². The van der Waals surface area contributed by atoms with E-state index in [1.54, 1.807) is 0 Å². The summed E-state index contributed by atoms with van der Waals surface area (Å²) in [5.41, 5.74) is 3.24. The highest BCUT2D eigenvalue weighted by molar-refractivity contribution is 6.13. The number of aryl methyl sites for hydroxylation is 2. The molecule has 1 atom stereocenters. The minimum atomic E-state index is -0.945. The van der Waals surface area contributed by atoms with Crippen LogP contribution in [-0.4, -0.2) is 11.8 Å². The third-order valence-electron chi connectivity index (χ3n) is 3.80. The molecule has 2 heterocycles. The van der Waals surface area contributed by atoms with Gasteiger partial charge >= 0.3 is 0 Å². The lowest BCUT2D eigenvalue weighted by Gasteiger charge is -2.22. The first-order valence-corrected chi connectivity index (χ1v) is 5.88. The predicted octanol–water partition coefficient (Wildman–Crippen LogP) is 1.53. The molecule has 1 unspecified atom stereocenters. The normalized spacial score (nSPS) is 25.3. The van der Waals surface area contributed by atoms with Gasteiger partial charge < -0.3 is 10.6 Å². The summed E-state index contributed by atoms with van der Waals surface area (Å²) in [5, 5.41) is 5.69. The number of nitrogens with one attached hydrogen (secondary N) is 2. The molecule has 18 heavy (non-hydrogen) atoms. The van der Waals surface area contributed by atoms with E-state index < -0.39 is 5.54 Å². The summed E-state index contributed by atoms with van der Waals surface area (Å²) in [6.45, 7) is 7.62. The van der Waals surface area contributed by atoms with Crippen molar-refractivity contribution in [2.45, 2.75) is 25.8 Å². The molecule has 2 N–H and O–H groups in total. The SMILES string of the molecule is C=C1CC2(NC1=O)C(=O)Nc1c(C)ccc(C)c12. The number of carbonyl (C=O) groups is 2. The third-order valence-corrected chi connectivity index (χ3v) is 3.80. The number of anilines is 1. The quantitative estimate of drug-likeness (QED) is 0.678. The second-order valence-electron chi connectivity index (χ2n) is 5.04. The molecule has 92 valence electrons. The van der Waals surface area contributed by atoms with E-state index in [-0.39, 0.29) is 11.8 Å². The van der Waals surface area contributed by atoms with Gasteiger partial charge in [-0.15, -0.1) is 0 Å². The first-order valence-electron chi connectivity index (χ1n) is 5.88. The van der Waals surface area contributed by atoms with Gasteiger partial charge in [-0.05, 0) is 25.0 Å². The Morgan fingerprint density at radius 3 is 2.50 bits per heavy atom. The van der Waals surface area contributed by atoms with Crippen LogP contribution in [0.3, 0.4) is 0 Å². The minimum absolute atomic E-state index is 0.165. The van der Waals surface area contributed by atoms with Gasteiger partial charge in [0, 0.05) is 17.6 Å². The van der Waals surface area contributed by atoms with Gasteiger partial charge in [-0.3, -0.25) is 9.59 Å². The van der Waals surface area contributed by atoms with Crippen molar-refractivity contribution in [1.29, 1.82) is 0 Å². The average molecular weight is 242 g/mol. The standard InChI is InChI=1S/C14H14N2O2/c1-7-4-5-8(2)11-10(7)14(13(18)15-11)6-9(3)12(17)16-14/h4-5H,3,6H2,1-2H3,(H,15,18)(H,16,17). The molecule has 2 amide bonds. The summed E-state index contributed by atoms with van der Waals surface area (Å²) < 4.78 is 0. The Bertz CT molecular complexity index is 600. The zero-order valence-electron chi connectivity index (χ0n) is 10.4. The maximum atomic E-state index is 12.3. The Kier molecular flexibility index (Phi) is 1.97. The van der Waals surface area contributed by atoms with Gasteiger partial charge in [0.1, 0.15) is 0 Å². The van der Waals surface area contributed by atoms with Crippen LogP contribution in [0.15, 0.2) is 24.3 Å². The molecule has 1 aromatic carbocycles. The van der Waals surface area contributed by atoms with Crippen molar-refractivity contribution in [2.24, 2.45) is 0 Å². The number of hydrogen-bond donors (Lipinski definition) is 2. The first-order chi connectivity index (χ1) is 8.45. The Morgan fingerprint density at radius 2 is 1.89 bits per heavy atom. The van der Waals surface area contributed by atoms with Crippen LogP contribution < -0.4 is 10.6 Å². The lowest BCUT2D eigenvalue weighted by Crippen LogP contribution is -2.45. The molecular formula is C14H14N2O2. The molecule has 2 aliphatic rings. The van der Waals surface area contributed by atoms with Crippen LogP contribution in [0.25, 0.3) is 0 Å². The van der Waals surface area contributed by atoms with E-state index in [0.29, 0.717) is 12.0 Å². The van der Waals surface area contributed by atoms with E-state index in [1.807, 2.05) is 26.0 Å². The number of benzene rings is 1. The van der Waals surface area contributed by atoms with E-state index >= 15 is 0 Å². The molecule has 4 heteroatoms. The Hall–Kier alpha value is -2.10. The monoisotopic (exact) mass is 242 g/mol. The predicted molar refractivity (Wildman–Crippen MR) is 68.1 cm³/mol. The molecule has 0 aliphatic carbocycles. The number of carbonyl (C=O) groups excluding carboxylic acids is 2. The summed E-state index contributed by atoms with van der Waals surface area (Å²) in [5.74, 6) is -0.402. The van der Waals surface area contributed by atoms with Crippen molar-refractivity contribution < 1.29 is 9.59 Å². The number of rotatable bonds is 0. The topological polar surface area (TPSA) is 58.2 Å². The van der Waals surface area contributed by atoms with Crippen molar-refractivity contribution in [1.82, 2.24) is 5.32 Å². The number of amides is 2. The van der Waals surface area contributed by atoms with Crippen LogP contribution in [-0.2, 0) is 15.1 Å². The van der Waals surface area contributed by atoms with Crippen molar-refractivity contribution >= 4 is 17.5 Å². The smallest absolute Gasteiger partial charge is 0.255 e. The summed E-state index contributed by atoms with van der Waals surface area (Å²) in [7, 11) is 0. The zero-order valence-corrected chi connectivity index (χ0v) is 10.4. The largest absolute Gasteiger partial charge is 0.334 e. The Balaban J connectivity index is 2.28. The lowest BCUT2D eigenvalue weighted by atomic mass is 9.85. The maximum Gasteiger partial charge on any atom is 0.255 e. The van der Waals surface area contributed by atoms with Crippen LogP contribution >= 0.6 is 0 Å². The summed E-state index contributed by atoms with van der Waals surface area (Å²) >= 11 is 0. The van der Waals surface area contributed by atoms with E-state index in [2.05, 4.69) is 17.2 Å². The van der Waals surface area contributed by atoms with Gasteiger partial charge in [-0.1, -0.05) is 18.7 Å². The van der Waals surface area contributed by atoms with Crippen molar-refractivity contribution in [3.05, 3.63) is 41.0 Å². The summed E-state index contributed by atoms with van der Waals surface area (Å²) in [6.07, 6.45) is 0.342. The average Bonchev–Trinajstić information content (AvgIpc) is 2.75. The van der Waals surface area contributed by atoms with Crippen LogP contribution in [0.5, 0.6) is 0 Å². The van der Waals surface area contributed by atoms with E-state index in [9.17, 15) is 9.59 Å². The van der Waals surface area contributed by atoms with Crippen molar-refractivity contribution in [2.75, 3.05) is 5.32 Å². The molecule has 1 fully saturated rings. The summed E-state index contributed by atoms with van der Waals surface area (Å²) in [4.78, 5) is 24.0. The second-order valence-corrected chi connectivity index (χ2v) is 5.04. The van der Waals surface area contributed by atoms with Gasteiger partial charge in [-0.25, -0.2) is 0 Å². The van der Waals surface area contributed by atoms with Crippen LogP contribution in [0.4, 0.5) is 5.69 Å². The minimum Gasteiger partial charge on any atom is -0.334 e. The summed E-state index contributed by atoms with van der Waals surface area (Å²) in [6, 6.07) is 3.95. The number of hydrogen-bond acceptors (Lipinski definition) is 2. The first kappa shape index (κ1) is 11.0. The molecule has 0 bridgehead atoms. The maximum absolute atomic E-state index is 12.3. The lowest BCUT2D eigenvalue weighted by molar-refractivity contribution is -0.125. The van der Waals surface area contributed by atoms with Crippen molar-refractivity contribution in [3.63, 3.8) is 0 Å². The Morgan fingerprint density at radius 1 is 1.22 bits per heavy atom. The second kappa shape index (κ2) is 3.22. The molecule has 1 spiro atoms. The van der Waals surface area contributed by atoms with Crippen LogP contribution in [0.2, 0.25) is 0 Å².